The van der Waals surface area contributed by atoms with Gasteiger partial charge in [0.15, 0.2) is 0 Å². The Hall–Kier alpha value is -2.32. The smallest absolute Gasteiger partial charge is 0.359 e. The van der Waals surface area contributed by atoms with Gasteiger partial charge >= 0.3 is 6.18 Å². The number of benzene rings is 2. The molecule has 3 aromatic rings. The van der Waals surface area contributed by atoms with Crippen molar-refractivity contribution in [1.82, 2.24) is 4.98 Å². The van der Waals surface area contributed by atoms with E-state index in [2.05, 4.69) is 9.35 Å². The predicted molar refractivity (Wildman–Crippen MR) is 82.4 cm³/mol. The molecule has 3 N–H and O–H groups in total. The summed E-state index contributed by atoms with van der Waals surface area (Å²) in [6.07, 6.45) is -2.90. The van der Waals surface area contributed by atoms with Gasteiger partial charge in [-0.1, -0.05) is 18.2 Å². The number of fused-ring (bicyclic) bond motifs is 1. The maximum Gasteiger partial charge on any atom is 0.416 e. The van der Waals surface area contributed by atoms with Crippen LogP contribution in [0.25, 0.3) is 10.9 Å². The van der Waals surface area contributed by atoms with Gasteiger partial charge in [0, 0.05) is 17.1 Å². The molecule has 0 aliphatic heterocycles. The van der Waals surface area contributed by atoms with Crippen LogP contribution in [0, 0.1) is 0 Å². The van der Waals surface area contributed by atoms with E-state index >= 15 is 0 Å². The average Bonchev–Trinajstić information content (AvgIpc) is 2.89. The van der Waals surface area contributed by atoms with Crippen LogP contribution in [0.15, 0.2) is 64.0 Å². The maximum absolute atomic E-state index is 12.6. The van der Waals surface area contributed by atoms with E-state index < -0.39 is 21.7 Å². The highest BCUT2D eigenvalue weighted by Gasteiger charge is 2.30. The fourth-order valence-corrected chi connectivity index (χ4v) is 3.24. The van der Waals surface area contributed by atoms with Crippen molar-refractivity contribution in [2.24, 2.45) is 9.50 Å². The van der Waals surface area contributed by atoms with Crippen molar-refractivity contribution in [2.45, 2.75) is 11.1 Å². The minimum absolute atomic E-state index is 0.0378. The predicted octanol–water partition coefficient (Wildman–Crippen LogP) is 4.22. The topological polar surface area (TPSA) is 71.2 Å². The molecule has 1 atom stereocenters. The minimum Gasteiger partial charge on any atom is -0.359 e. The van der Waals surface area contributed by atoms with Crippen molar-refractivity contribution in [3.05, 3.63) is 60.3 Å². The normalized spacial score (nSPS) is 14.6. The zero-order valence-electron chi connectivity index (χ0n) is 11.7. The highest BCUT2D eigenvalue weighted by atomic mass is 32.2. The van der Waals surface area contributed by atoms with Crippen LogP contribution in [0.1, 0.15) is 5.56 Å². The molecule has 1 heterocycles. The molecule has 2 aromatic carbocycles. The lowest BCUT2D eigenvalue weighted by molar-refractivity contribution is -0.137. The van der Waals surface area contributed by atoms with Crippen LogP contribution in [0.2, 0.25) is 0 Å². The number of hydrogen-bond acceptors (Lipinski definition) is 2. The Balaban J connectivity index is 2.05. The quantitative estimate of drug-likeness (QED) is 0.721. The Morgan fingerprint density at radius 2 is 1.70 bits per heavy atom. The number of nitrogens with zero attached hydrogens (tertiary/aromatic N) is 1. The van der Waals surface area contributed by atoms with Gasteiger partial charge in [0.2, 0.25) is 0 Å². The Morgan fingerprint density at radius 3 is 2.35 bits per heavy atom. The molecule has 3 rings (SSSR count). The van der Waals surface area contributed by atoms with E-state index in [1.165, 1.54) is 0 Å². The van der Waals surface area contributed by atoms with E-state index in [0.29, 0.717) is 5.69 Å². The zero-order valence-corrected chi connectivity index (χ0v) is 12.5. The highest BCUT2D eigenvalue weighted by molar-refractivity contribution is 7.91. The molecule has 1 aromatic heterocycles. The van der Waals surface area contributed by atoms with E-state index in [-0.39, 0.29) is 4.90 Å². The molecule has 0 saturated carbocycles. The van der Waals surface area contributed by atoms with Crippen molar-refractivity contribution in [1.29, 1.82) is 0 Å². The van der Waals surface area contributed by atoms with Crippen LogP contribution in [0.4, 0.5) is 18.9 Å². The van der Waals surface area contributed by atoms with Crippen LogP contribution >= 0.6 is 0 Å². The number of aromatic nitrogens is 1. The van der Waals surface area contributed by atoms with Gasteiger partial charge in [-0.05, 0) is 30.3 Å². The molecule has 0 saturated heterocycles. The van der Waals surface area contributed by atoms with Gasteiger partial charge in [-0.2, -0.15) is 17.5 Å². The molecule has 0 aliphatic carbocycles. The Labute approximate surface area is 130 Å². The van der Waals surface area contributed by atoms with E-state index in [4.69, 9.17) is 5.14 Å². The van der Waals surface area contributed by atoms with Gasteiger partial charge < -0.3 is 4.98 Å². The number of rotatable bonds is 2. The lowest BCUT2D eigenvalue weighted by Crippen LogP contribution is -2.13. The molecule has 120 valence electrons. The van der Waals surface area contributed by atoms with Crippen molar-refractivity contribution < 1.29 is 17.4 Å². The van der Waals surface area contributed by atoms with Crippen LogP contribution in [-0.4, -0.2) is 9.19 Å². The number of hydrogen-bond donors (Lipinski definition) is 2. The minimum atomic E-state index is -4.46. The number of H-pyrrole nitrogens is 1. The monoisotopic (exact) mass is 339 g/mol. The van der Waals surface area contributed by atoms with Crippen molar-refractivity contribution in [2.75, 3.05) is 0 Å². The molecule has 0 radical (unpaired) electrons. The molecule has 0 amide bonds. The molecule has 0 fully saturated rings. The Bertz CT molecular complexity index is 968. The third kappa shape index (κ3) is 3.08. The summed E-state index contributed by atoms with van der Waals surface area (Å²) in [5.74, 6) is 0. The fourth-order valence-electron chi connectivity index (χ4n) is 2.17. The third-order valence-corrected chi connectivity index (χ3v) is 4.74. The number of nitrogens with two attached hydrogens (primary N) is 1. The number of nitrogens with one attached hydrogen (secondary N) is 1. The lowest BCUT2D eigenvalue weighted by atomic mass is 10.2. The summed E-state index contributed by atoms with van der Waals surface area (Å²) in [7, 11) is -3.35. The van der Waals surface area contributed by atoms with Gasteiger partial charge in [-0.3, -0.25) is 0 Å². The first kappa shape index (κ1) is 15.6. The molecule has 0 bridgehead atoms. The van der Waals surface area contributed by atoms with Gasteiger partial charge in [0.1, 0.15) is 9.92 Å². The largest absolute Gasteiger partial charge is 0.416 e. The number of halogens is 3. The maximum atomic E-state index is 12.6. The standard InChI is InChI=1S/C15H12F3N3OS/c16-15(17,18)10-5-7-11(8-6-10)23(19,22)21-14-9-20-13-4-2-1-3-12(13)14/h1-9,20H,(H2,19,21,22)/t23-/m0/s1. The number of alkyl halides is 3. The molecule has 0 aliphatic rings. The second kappa shape index (κ2) is 5.39. The second-order valence-corrected chi connectivity index (χ2v) is 6.69. The second-order valence-electron chi connectivity index (χ2n) is 4.90. The first-order chi connectivity index (χ1) is 10.8. The highest BCUT2D eigenvalue weighted by Crippen LogP contribution is 2.31. The molecule has 4 nitrogen and oxygen atoms in total. The number of para-hydroxylation sites is 1. The Morgan fingerprint density at radius 1 is 1.04 bits per heavy atom. The average molecular weight is 339 g/mol. The van der Waals surface area contributed by atoms with E-state index in [9.17, 15) is 17.4 Å². The van der Waals surface area contributed by atoms with E-state index in [0.717, 1.165) is 35.2 Å². The van der Waals surface area contributed by atoms with Gasteiger partial charge in [-0.25, -0.2) is 9.35 Å². The summed E-state index contributed by atoms with van der Waals surface area (Å²) in [6.45, 7) is 0. The van der Waals surface area contributed by atoms with Crippen LogP contribution in [-0.2, 0) is 16.1 Å². The summed E-state index contributed by atoms with van der Waals surface area (Å²) in [5, 5.41) is 6.48. The molecular formula is C15H12F3N3OS. The molecule has 0 unspecified atom stereocenters. The van der Waals surface area contributed by atoms with Crippen LogP contribution in [0.5, 0.6) is 0 Å². The van der Waals surface area contributed by atoms with Crippen molar-refractivity contribution in [3.63, 3.8) is 0 Å². The summed E-state index contributed by atoms with van der Waals surface area (Å²) < 4.78 is 54.3. The molecule has 8 heteroatoms. The summed E-state index contributed by atoms with van der Waals surface area (Å²) in [4.78, 5) is 3.01. The first-order valence-corrected chi connectivity index (χ1v) is 8.13. The van der Waals surface area contributed by atoms with Gasteiger partial charge in [0.05, 0.1) is 16.1 Å². The van der Waals surface area contributed by atoms with Crippen molar-refractivity contribution >= 4 is 26.5 Å². The lowest BCUT2D eigenvalue weighted by Gasteiger charge is -2.08. The van der Waals surface area contributed by atoms with E-state index in [1.54, 1.807) is 18.3 Å². The summed E-state index contributed by atoms with van der Waals surface area (Å²) in [6, 6.07) is 11.1. The third-order valence-electron chi connectivity index (χ3n) is 3.32. The van der Waals surface area contributed by atoms with Crippen LogP contribution in [0.3, 0.4) is 0 Å². The van der Waals surface area contributed by atoms with Gasteiger partial charge in [-0.15, -0.1) is 0 Å². The SMILES string of the molecule is N[S@](=O)(=Nc1c[nH]c2ccccc12)c1ccc(C(F)(F)F)cc1. The zero-order chi connectivity index (χ0) is 16.7. The van der Waals surface area contributed by atoms with Gasteiger partial charge in [0.25, 0.3) is 0 Å². The number of aromatic amines is 1. The fraction of sp³-hybridized carbons (Fsp3) is 0.0667. The summed E-state index contributed by atoms with van der Waals surface area (Å²) in [5.41, 5.74) is 0.366. The van der Waals surface area contributed by atoms with Crippen molar-refractivity contribution in [3.8, 4) is 0 Å². The summed E-state index contributed by atoms with van der Waals surface area (Å²) >= 11 is 0. The molecular weight excluding hydrogens is 327 g/mol. The van der Waals surface area contributed by atoms with Crippen LogP contribution < -0.4 is 5.14 Å². The Kier molecular flexibility index (Phi) is 3.65. The molecule has 23 heavy (non-hydrogen) atoms. The first-order valence-electron chi connectivity index (χ1n) is 6.56. The molecule has 0 spiro atoms. The van der Waals surface area contributed by atoms with E-state index in [1.807, 2.05) is 12.1 Å².